The van der Waals surface area contributed by atoms with Gasteiger partial charge in [-0.3, -0.25) is 4.57 Å². The number of aromatic nitrogens is 1. The van der Waals surface area contributed by atoms with Crippen molar-refractivity contribution in [2.45, 2.75) is 0 Å². The molecule has 0 aliphatic rings. The summed E-state index contributed by atoms with van der Waals surface area (Å²) in [6.07, 6.45) is 1.70. The largest absolute Gasteiger partial charge is 0.275 e. The Bertz CT molecular complexity index is 948. The second kappa shape index (κ2) is 6.88. The number of hydrogen-bond donors (Lipinski definition) is 0. The lowest BCUT2D eigenvalue weighted by molar-refractivity contribution is 1.06. The Morgan fingerprint density at radius 3 is 2.48 bits per heavy atom. The van der Waals surface area contributed by atoms with Crippen molar-refractivity contribution in [3.05, 3.63) is 74.0 Å². The summed E-state index contributed by atoms with van der Waals surface area (Å²) in [4.78, 5) is 4.98. The van der Waals surface area contributed by atoms with Crippen LogP contribution in [0.15, 0.2) is 59.6 Å². The van der Waals surface area contributed by atoms with E-state index in [4.69, 9.17) is 23.8 Å². The van der Waals surface area contributed by atoms with Crippen LogP contribution in [0.4, 0.5) is 5.82 Å². The summed E-state index contributed by atoms with van der Waals surface area (Å²) in [5.41, 5.74) is 1.79. The van der Waals surface area contributed by atoms with Gasteiger partial charge in [-0.25, -0.2) is 4.99 Å². The molecule has 0 saturated carbocycles. The predicted octanol–water partition coefficient (Wildman–Crippen LogP) is 5.54. The quantitative estimate of drug-likeness (QED) is 0.457. The van der Waals surface area contributed by atoms with Crippen LogP contribution in [0.3, 0.4) is 0 Å². The molecule has 1 aromatic heterocycles. The van der Waals surface area contributed by atoms with Gasteiger partial charge in [0.25, 0.3) is 0 Å². The lowest BCUT2D eigenvalue weighted by Gasteiger charge is -2.05. The average Bonchev–Trinajstić information content (AvgIpc) is 2.91. The SMILES string of the molecule is N#Cc1sc(=S)n(-c2ccccc2)c1/N=C/c1ccc(Cl)cc1. The average molecular weight is 356 g/mol. The van der Waals surface area contributed by atoms with E-state index < -0.39 is 0 Å². The summed E-state index contributed by atoms with van der Waals surface area (Å²) in [6.45, 7) is 0. The standard InChI is InChI=1S/C17H10ClN3S2/c18-13-8-6-12(7-9-13)11-20-16-15(10-19)23-17(22)21(16)14-4-2-1-3-5-14/h1-9,11H/b20-11+. The normalized spacial score (nSPS) is 10.8. The van der Waals surface area contributed by atoms with E-state index in [0.717, 1.165) is 11.3 Å². The summed E-state index contributed by atoms with van der Waals surface area (Å²) in [6, 6.07) is 19.1. The van der Waals surface area contributed by atoms with Gasteiger partial charge in [0.05, 0.1) is 0 Å². The van der Waals surface area contributed by atoms with Gasteiger partial charge in [-0.15, -0.1) is 0 Å². The second-order valence-electron chi connectivity index (χ2n) is 4.61. The lowest BCUT2D eigenvalue weighted by Crippen LogP contribution is -1.93. The summed E-state index contributed by atoms with van der Waals surface area (Å²) in [7, 11) is 0. The van der Waals surface area contributed by atoms with Gasteiger partial charge in [-0.1, -0.05) is 53.3 Å². The monoisotopic (exact) mass is 355 g/mol. The first-order valence-electron chi connectivity index (χ1n) is 6.70. The highest BCUT2D eigenvalue weighted by atomic mass is 35.5. The summed E-state index contributed by atoms with van der Waals surface area (Å²) in [5.74, 6) is 0.545. The van der Waals surface area contributed by atoms with Gasteiger partial charge in [0.2, 0.25) is 0 Å². The van der Waals surface area contributed by atoms with E-state index >= 15 is 0 Å². The lowest BCUT2D eigenvalue weighted by atomic mass is 10.2. The summed E-state index contributed by atoms with van der Waals surface area (Å²) < 4.78 is 2.40. The third-order valence-corrected chi connectivity index (χ3v) is 4.63. The maximum atomic E-state index is 9.35. The number of para-hydroxylation sites is 1. The Hall–Kier alpha value is -2.26. The van der Waals surface area contributed by atoms with Crippen LogP contribution in [-0.4, -0.2) is 10.8 Å². The third-order valence-electron chi connectivity index (χ3n) is 3.11. The van der Waals surface area contributed by atoms with Crippen LogP contribution in [0.2, 0.25) is 5.02 Å². The molecule has 112 valence electrons. The third kappa shape index (κ3) is 3.40. The molecule has 2 aromatic carbocycles. The highest BCUT2D eigenvalue weighted by Crippen LogP contribution is 2.30. The minimum absolute atomic E-state index is 0.490. The minimum atomic E-state index is 0.490. The van der Waals surface area contributed by atoms with Crippen LogP contribution in [0.25, 0.3) is 5.69 Å². The molecule has 0 bridgehead atoms. The highest BCUT2D eigenvalue weighted by Gasteiger charge is 2.12. The number of halogens is 1. The molecule has 0 amide bonds. The Morgan fingerprint density at radius 1 is 1.13 bits per heavy atom. The number of aliphatic imine (C=N–C) groups is 1. The van der Waals surface area contributed by atoms with Gasteiger partial charge < -0.3 is 0 Å². The molecule has 1 heterocycles. The molecule has 0 N–H and O–H groups in total. The van der Waals surface area contributed by atoms with Crippen molar-refractivity contribution in [1.29, 1.82) is 5.26 Å². The summed E-state index contributed by atoms with van der Waals surface area (Å²) in [5, 5.41) is 10.0. The zero-order chi connectivity index (χ0) is 16.2. The Balaban J connectivity index is 2.10. The van der Waals surface area contributed by atoms with E-state index in [1.54, 1.807) is 18.3 Å². The Labute approximate surface area is 147 Å². The van der Waals surface area contributed by atoms with E-state index in [-0.39, 0.29) is 0 Å². The van der Waals surface area contributed by atoms with Crippen molar-refractivity contribution in [3.8, 4) is 11.8 Å². The Morgan fingerprint density at radius 2 is 1.83 bits per heavy atom. The molecule has 0 radical (unpaired) electrons. The molecule has 3 aromatic rings. The molecule has 23 heavy (non-hydrogen) atoms. The van der Waals surface area contributed by atoms with E-state index in [0.29, 0.717) is 19.7 Å². The summed E-state index contributed by atoms with van der Waals surface area (Å²) >= 11 is 12.5. The molecule has 0 aliphatic carbocycles. The van der Waals surface area contributed by atoms with Gasteiger partial charge in [-0.2, -0.15) is 5.26 Å². The maximum absolute atomic E-state index is 9.35. The molecule has 3 nitrogen and oxygen atoms in total. The van der Waals surface area contributed by atoms with Crippen molar-refractivity contribution in [2.24, 2.45) is 4.99 Å². The maximum Gasteiger partial charge on any atom is 0.168 e. The first-order valence-corrected chi connectivity index (χ1v) is 8.30. The smallest absolute Gasteiger partial charge is 0.168 e. The van der Waals surface area contributed by atoms with Crippen LogP contribution < -0.4 is 0 Å². The number of benzene rings is 2. The number of nitriles is 1. The molecule has 0 unspecified atom stereocenters. The van der Waals surface area contributed by atoms with Crippen LogP contribution in [-0.2, 0) is 0 Å². The van der Waals surface area contributed by atoms with E-state index in [1.807, 2.05) is 47.0 Å². The predicted molar refractivity (Wildman–Crippen MR) is 97.9 cm³/mol. The fourth-order valence-electron chi connectivity index (χ4n) is 2.05. The molecule has 0 atom stereocenters. The van der Waals surface area contributed by atoms with Crippen molar-refractivity contribution >= 4 is 47.2 Å². The van der Waals surface area contributed by atoms with Gasteiger partial charge in [0.15, 0.2) is 14.6 Å². The zero-order valence-corrected chi connectivity index (χ0v) is 14.2. The number of hydrogen-bond acceptors (Lipinski definition) is 4. The molecule has 0 fully saturated rings. The van der Waals surface area contributed by atoms with Crippen molar-refractivity contribution < 1.29 is 0 Å². The molecular weight excluding hydrogens is 346 g/mol. The van der Waals surface area contributed by atoms with Crippen LogP contribution in [0.1, 0.15) is 10.4 Å². The van der Waals surface area contributed by atoms with E-state index in [1.165, 1.54) is 11.3 Å². The minimum Gasteiger partial charge on any atom is -0.275 e. The van der Waals surface area contributed by atoms with Crippen LogP contribution in [0, 0.1) is 15.3 Å². The van der Waals surface area contributed by atoms with Gasteiger partial charge in [0.1, 0.15) is 6.07 Å². The van der Waals surface area contributed by atoms with Crippen LogP contribution >= 0.6 is 35.2 Å². The van der Waals surface area contributed by atoms with E-state index in [9.17, 15) is 5.26 Å². The Kier molecular flexibility index (Phi) is 4.68. The van der Waals surface area contributed by atoms with Gasteiger partial charge in [0, 0.05) is 16.9 Å². The molecule has 0 saturated heterocycles. The molecule has 3 rings (SSSR count). The van der Waals surface area contributed by atoms with Crippen molar-refractivity contribution in [2.75, 3.05) is 0 Å². The second-order valence-corrected chi connectivity index (χ2v) is 6.69. The number of nitrogens with zero attached hydrogens (tertiary/aromatic N) is 3. The van der Waals surface area contributed by atoms with E-state index in [2.05, 4.69) is 11.1 Å². The topological polar surface area (TPSA) is 41.1 Å². The molecule has 0 aliphatic heterocycles. The van der Waals surface area contributed by atoms with Crippen LogP contribution in [0.5, 0.6) is 0 Å². The zero-order valence-electron chi connectivity index (χ0n) is 11.8. The fourth-order valence-corrected chi connectivity index (χ4v) is 3.35. The number of thiazole rings is 1. The molecular formula is C17H10ClN3S2. The number of rotatable bonds is 3. The van der Waals surface area contributed by atoms with Gasteiger partial charge >= 0.3 is 0 Å². The first kappa shape index (κ1) is 15.6. The highest BCUT2D eigenvalue weighted by molar-refractivity contribution is 7.73. The van der Waals surface area contributed by atoms with Crippen molar-refractivity contribution in [3.63, 3.8) is 0 Å². The van der Waals surface area contributed by atoms with Gasteiger partial charge in [-0.05, 0) is 42.0 Å². The van der Waals surface area contributed by atoms with Crippen molar-refractivity contribution in [1.82, 2.24) is 4.57 Å². The molecule has 0 spiro atoms. The molecule has 6 heteroatoms. The first-order chi connectivity index (χ1) is 11.2. The fraction of sp³-hybridized carbons (Fsp3) is 0.